The molecule has 0 spiro atoms. The van der Waals surface area contributed by atoms with Crippen molar-refractivity contribution in [1.29, 1.82) is 0 Å². The van der Waals surface area contributed by atoms with E-state index in [-0.39, 0.29) is 6.04 Å². The highest BCUT2D eigenvalue weighted by molar-refractivity contribution is 5.98. The topological polar surface area (TPSA) is 77.1 Å². The van der Waals surface area contributed by atoms with Gasteiger partial charge in [-0.3, -0.25) is 9.59 Å². The Balaban J connectivity index is 2.60. The van der Waals surface area contributed by atoms with Gasteiger partial charge in [0.05, 0.1) is 11.3 Å². The summed E-state index contributed by atoms with van der Waals surface area (Å²) in [5.74, 6) is -0.465. The number of rotatable bonds is 3. The normalized spacial score (nSPS) is 19.5. The highest BCUT2D eigenvalue weighted by atomic mass is 16.1. The first kappa shape index (κ1) is 11.9. The minimum absolute atomic E-state index is 0.238. The monoisotopic (exact) mass is 235 g/mol. The van der Waals surface area contributed by atoms with Crippen molar-refractivity contribution >= 4 is 12.2 Å². The molecule has 1 fully saturated rings. The van der Waals surface area contributed by atoms with Crippen molar-refractivity contribution in [3.8, 4) is 0 Å². The van der Waals surface area contributed by atoms with Crippen LogP contribution in [-0.4, -0.2) is 29.8 Å². The van der Waals surface area contributed by atoms with Crippen molar-refractivity contribution in [2.75, 3.05) is 13.1 Å². The van der Waals surface area contributed by atoms with E-state index >= 15 is 0 Å². The number of nitrogens with one attached hydrogen (secondary N) is 1. The van der Waals surface area contributed by atoms with E-state index in [1.807, 2.05) is 11.5 Å². The number of hydrogen-bond acceptors (Lipinski definition) is 3. The molecule has 92 valence electrons. The predicted molar refractivity (Wildman–Crippen MR) is 64.3 cm³/mol. The van der Waals surface area contributed by atoms with Crippen molar-refractivity contribution in [3.63, 3.8) is 0 Å². The lowest BCUT2D eigenvalue weighted by atomic mass is 10.1. The van der Waals surface area contributed by atoms with Gasteiger partial charge in [-0.2, -0.15) is 0 Å². The number of carbonyl (C=O) groups is 2. The number of aldehydes is 1. The van der Waals surface area contributed by atoms with Gasteiger partial charge in [0.2, 0.25) is 0 Å². The van der Waals surface area contributed by atoms with Crippen molar-refractivity contribution in [2.45, 2.75) is 26.3 Å². The van der Waals surface area contributed by atoms with Crippen molar-refractivity contribution in [3.05, 3.63) is 22.5 Å². The molecule has 1 saturated heterocycles. The summed E-state index contributed by atoms with van der Waals surface area (Å²) in [5.41, 5.74) is 7.92. The first-order valence-corrected chi connectivity index (χ1v) is 5.75. The number of hydrogen-bond donors (Lipinski definition) is 2. The minimum Gasteiger partial charge on any atom is -0.366 e. The van der Waals surface area contributed by atoms with Gasteiger partial charge in [0.15, 0.2) is 6.29 Å². The molecule has 1 aliphatic heterocycles. The van der Waals surface area contributed by atoms with Crippen LogP contribution in [0.5, 0.6) is 0 Å². The van der Waals surface area contributed by atoms with E-state index < -0.39 is 5.91 Å². The van der Waals surface area contributed by atoms with Crippen LogP contribution in [0.15, 0.2) is 0 Å². The van der Waals surface area contributed by atoms with E-state index in [4.69, 9.17) is 5.73 Å². The highest BCUT2D eigenvalue weighted by Crippen LogP contribution is 2.27. The summed E-state index contributed by atoms with van der Waals surface area (Å²) in [5, 5.41) is 3.25. The summed E-state index contributed by atoms with van der Waals surface area (Å²) in [4.78, 5) is 22.6. The summed E-state index contributed by atoms with van der Waals surface area (Å²) in [6.45, 7) is 5.38. The van der Waals surface area contributed by atoms with Crippen molar-refractivity contribution in [2.24, 2.45) is 5.73 Å². The van der Waals surface area contributed by atoms with Crippen LogP contribution in [0.3, 0.4) is 0 Å². The Morgan fingerprint density at radius 1 is 1.53 bits per heavy atom. The second-order valence-corrected chi connectivity index (χ2v) is 4.47. The van der Waals surface area contributed by atoms with Gasteiger partial charge in [0.25, 0.3) is 5.91 Å². The third kappa shape index (κ3) is 1.76. The summed E-state index contributed by atoms with van der Waals surface area (Å²) in [6, 6.07) is 0.238. The van der Waals surface area contributed by atoms with Gasteiger partial charge in [0, 0.05) is 18.3 Å². The molecular weight excluding hydrogens is 218 g/mol. The maximum Gasteiger partial charge on any atom is 0.250 e. The van der Waals surface area contributed by atoms with Crippen LogP contribution in [-0.2, 0) is 0 Å². The van der Waals surface area contributed by atoms with E-state index in [2.05, 4.69) is 5.32 Å². The van der Waals surface area contributed by atoms with E-state index in [1.54, 1.807) is 6.92 Å². The molecule has 1 aliphatic rings. The number of aromatic nitrogens is 1. The average Bonchev–Trinajstić information content (AvgIpc) is 2.84. The van der Waals surface area contributed by atoms with Crippen LogP contribution in [0.2, 0.25) is 0 Å². The second-order valence-electron chi connectivity index (χ2n) is 4.47. The van der Waals surface area contributed by atoms with Crippen LogP contribution < -0.4 is 11.1 Å². The summed E-state index contributed by atoms with van der Waals surface area (Å²) in [7, 11) is 0. The molecule has 0 saturated carbocycles. The Labute approximate surface area is 100.0 Å². The van der Waals surface area contributed by atoms with Crippen LogP contribution in [0, 0.1) is 13.8 Å². The molecule has 0 radical (unpaired) electrons. The Morgan fingerprint density at radius 2 is 2.24 bits per heavy atom. The molecule has 3 N–H and O–H groups in total. The SMILES string of the molecule is Cc1c(C(N)=O)c(C)n(C2CCNC2)c1C=O. The van der Waals surface area contributed by atoms with Gasteiger partial charge in [-0.05, 0) is 32.4 Å². The molecule has 0 bridgehead atoms. The van der Waals surface area contributed by atoms with E-state index in [9.17, 15) is 9.59 Å². The molecule has 1 aromatic heterocycles. The predicted octanol–water partition coefficient (Wildman–Crippen LogP) is 0.551. The fraction of sp³-hybridized carbons (Fsp3) is 0.500. The zero-order valence-corrected chi connectivity index (χ0v) is 10.1. The Kier molecular flexibility index (Phi) is 3.02. The zero-order valence-electron chi connectivity index (χ0n) is 10.1. The first-order valence-electron chi connectivity index (χ1n) is 5.75. The second kappa shape index (κ2) is 4.33. The average molecular weight is 235 g/mol. The van der Waals surface area contributed by atoms with Gasteiger partial charge in [0.1, 0.15) is 0 Å². The molecule has 17 heavy (non-hydrogen) atoms. The lowest BCUT2D eigenvalue weighted by Gasteiger charge is -2.15. The number of carbonyl (C=O) groups excluding carboxylic acids is 2. The highest BCUT2D eigenvalue weighted by Gasteiger charge is 2.26. The lowest BCUT2D eigenvalue weighted by molar-refractivity contribution is 0.0999. The van der Waals surface area contributed by atoms with E-state index in [0.717, 1.165) is 31.5 Å². The summed E-state index contributed by atoms with van der Waals surface area (Å²) in [6.07, 6.45) is 1.78. The Bertz CT molecular complexity index is 471. The molecular formula is C12H17N3O2. The molecule has 5 heteroatoms. The van der Waals surface area contributed by atoms with Gasteiger partial charge < -0.3 is 15.6 Å². The largest absolute Gasteiger partial charge is 0.366 e. The lowest BCUT2D eigenvalue weighted by Crippen LogP contribution is -2.18. The van der Waals surface area contributed by atoms with Crippen molar-refractivity contribution < 1.29 is 9.59 Å². The van der Waals surface area contributed by atoms with Crippen LogP contribution >= 0.6 is 0 Å². The molecule has 5 nitrogen and oxygen atoms in total. The maximum absolute atomic E-state index is 11.4. The third-order valence-corrected chi connectivity index (χ3v) is 3.50. The Hall–Kier alpha value is -1.62. The fourth-order valence-electron chi connectivity index (χ4n) is 2.72. The number of nitrogens with two attached hydrogens (primary N) is 1. The van der Waals surface area contributed by atoms with Crippen LogP contribution in [0.25, 0.3) is 0 Å². The molecule has 1 atom stereocenters. The zero-order chi connectivity index (χ0) is 12.6. The first-order chi connectivity index (χ1) is 8.07. The van der Waals surface area contributed by atoms with Crippen LogP contribution in [0.4, 0.5) is 0 Å². The summed E-state index contributed by atoms with van der Waals surface area (Å²) < 4.78 is 1.95. The van der Waals surface area contributed by atoms with Gasteiger partial charge in [-0.1, -0.05) is 0 Å². The third-order valence-electron chi connectivity index (χ3n) is 3.50. The molecule has 1 amide bonds. The standard InChI is InChI=1S/C12H17N3O2/c1-7-10(6-16)15(9-3-4-14-5-9)8(2)11(7)12(13)17/h6,9,14H,3-5H2,1-2H3,(H2,13,17). The molecule has 1 aromatic rings. The maximum atomic E-state index is 11.4. The molecule has 0 aromatic carbocycles. The molecule has 1 unspecified atom stereocenters. The number of nitrogens with zero attached hydrogens (tertiary/aromatic N) is 1. The Morgan fingerprint density at radius 3 is 2.71 bits per heavy atom. The minimum atomic E-state index is -0.465. The van der Waals surface area contributed by atoms with Gasteiger partial charge >= 0.3 is 0 Å². The smallest absolute Gasteiger partial charge is 0.250 e. The number of primary amides is 1. The molecule has 2 rings (SSSR count). The van der Waals surface area contributed by atoms with Gasteiger partial charge in [-0.25, -0.2) is 0 Å². The molecule has 0 aliphatic carbocycles. The van der Waals surface area contributed by atoms with Crippen LogP contribution in [0.1, 0.15) is 44.6 Å². The molecule has 2 heterocycles. The number of amides is 1. The summed E-state index contributed by atoms with van der Waals surface area (Å²) >= 11 is 0. The van der Waals surface area contributed by atoms with E-state index in [0.29, 0.717) is 16.8 Å². The van der Waals surface area contributed by atoms with Crippen molar-refractivity contribution in [1.82, 2.24) is 9.88 Å². The fourth-order valence-corrected chi connectivity index (χ4v) is 2.72. The van der Waals surface area contributed by atoms with E-state index in [1.165, 1.54) is 0 Å². The quantitative estimate of drug-likeness (QED) is 0.751. The van der Waals surface area contributed by atoms with Gasteiger partial charge in [-0.15, -0.1) is 0 Å².